The fourth-order valence-electron chi connectivity index (χ4n) is 1.55. The molecule has 2 N–H and O–H groups in total. The van der Waals surface area contributed by atoms with Crippen molar-refractivity contribution in [2.45, 2.75) is 24.8 Å². The molecule has 0 amide bonds. The fourth-order valence-corrected chi connectivity index (χ4v) is 2.45. The van der Waals surface area contributed by atoms with Crippen LogP contribution in [0.25, 0.3) is 0 Å². The van der Waals surface area contributed by atoms with Crippen LogP contribution in [-0.2, 0) is 19.6 Å². The Labute approximate surface area is 122 Å². The zero-order valence-corrected chi connectivity index (χ0v) is 12.1. The first-order chi connectivity index (χ1) is 8.85. The number of allylic oxidation sites excluding steroid dienone is 1. The molecule has 2 rings (SSSR count). The summed E-state index contributed by atoms with van der Waals surface area (Å²) < 4.78 is 3.88. The average Bonchev–Trinajstić information content (AvgIpc) is 3.00. The predicted octanol–water partition coefficient (Wildman–Crippen LogP) is 1.33. The Bertz CT molecular complexity index is 495. The van der Waals surface area contributed by atoms with Gasteiger partial charge in [0.1, 0.15) is 5.82 Å². The highest BCUT2D eigenvalue weighted by Crippen LogP contribution is 2.17. The van der Waals surface area contributed by atoms with Gasteiger partial charge in [0.2, 0.25) is 0 Å². The molecule has 0 radical (unpaired) electrons. The Balaban J connectivity index is 0.00000180. The monoisotopic (exact) mass is 300 g/mol. The molecule has 0 unspecified atom stereocenters. The second kappa shape index (κ2) is 7.98. The zero-order valence-electron chi connectivity index (χ0n) is 10.5. The van der Waals surface area contributed by atoms with Crippen molar-refractivity contribution in [1.29, 1.82) is 0 Å². The Morgan fingerprint density at radius 2 is 2.26 bits per heavy atom. The summed E-state index contributed by atoms with van der Waals surface area (Å²) in [6, 6.07) is 1.91. The topological polar surface area (TPSA) is 74.6 Å². The van der Waals surface area contributed by atoms with Gasteiger partial charge in [-0.2, -0.15) is 5.10 Å². The van der Waals surface area contributed by atoms with Crippen LogP contribution in [0.2, 0.25) is 0 Å². The molecule has 0 aliphatic rings. The van der Waals surface area contributed by atoms with Gasteiger partial charge >= 0.3 is 0 Å². The highest BCUT2D eigenvalue weighted by Gasteiger charge is 2.09. The molecule has 104 valence electrons. The number of halogens is 1. The predicted molar refractivity (Wildman–Crippen MR) is 78.3 cm³/mol. The lowest BCUT2D eigenvalue weighted by atomic mass is 10.5. The maximum absolute atomic E-state index is 5.62. The highest BCUT2D eigenvalue weighted by molar-refractivity contribution is 7.99. The molecule has 6 nitrogen and oxygen atoms in total. The molecule has 0 aliphatic carbocycles. The molecule has 0 saturated carbocycles. The van der Waals surface area contributed by atoms with E-state index in [1.54, 1.807) is 18.0 Å². The lowest BCUT2D eigenvalue weighted by molar-refractivity contribution is 0.658. The van der Waals surface area contributed by atoms with Crippen LogP contribution in [0.5, 0.6) is 0 Å². The van der Waals surface area contributed by atoms with Crippen LogP contribution < -0.4 is 5.73 Å². The number of nitrogens with two attached hydrogens (primary N) is 1. The number of hydrogen-bond acceptors (Lipinski definition) is 5. The van der Waals surface area contributed by atoms with Crippen LogP contribution in [0.4, 0.5) is 0 Å². The lowest BCUT2D eigenvalue weighted by Gasteiger charge is -2.06. The van der Waals surface area contributed by atoms with Gasteiger partial charge in [-0.15, -0.1) is 29.2 Å². The normalized spacial score (nSPS) is 10.2. The number of nitrogens with zero attached hydrogens (tertiary/aromatic N) is 5. The third kappa shape index (κ3) is 4.09. The molecular weight excluding hydrogens is 284 g/mol. The number of hydrogen-bond donors (Lipinski definition) is 1. The van der Waals surface area contributed by atoms with E-state index in [1.807, 2.05) is 27.6 Å². The largest absolute Gasteiger partial charge is 0.324 e. The molecule has 0 fully saturated rings. The van der Waals surface area contributed by atoms with Crippen molar-refractivity contribution in [3.8, 4) is 0 Å². The van der Waals surface area contributed by atoms with Crippen molar-refractivity contribution in [2.24, 2.45) is 5.73 Å². The van der Waals surface area contributed by atoms with Gasteiger partial charge in [0, 0.05) is 24.7 Å². The minimum Gasteiger partial charge on any atom is -0.324 e. The van der Waals surface area contributed by atoms with Gasteiger partial charge in [-0.25, -0.2) is 0 Å². The molecule has 0 atom stereocenters. The molecule has 0 bridgehead atoms. The first-order valence-corrected chi connectivity index (χ1v) is 6.67. The maximum atomic E-state index is 5.62. The lowest BCUT2D eigenvalue weighted by Crippen LogP contribution is -2.09. The van der Waals surface area contributed by atoms with E-state index < -0.39 is 0 Å². The summed E-state index contributed by atoms with van der Waals surface area (Å²) in [6.07, 6.45) is 5.54. The second-order valence-corrected chi connectivity index (χ2v) is 4.68. The van der Waals surface area contributed by atoms with E-state index in [4.69, 9.17) is 5.73 Å². The summed E-state index contributed by atoms with van der Waals surface area (Å²) in [5.41, 5.74) is 5.62. The van der Waals surface area contributed by atoms with E-state index in [9.17, 15) is 0 Å². The van der Waals surface area contributed by atoms with Crippen LogP contribution in [0.3, 0.4) is 0 Å². The van der Waals surface area contributed by atoms with Gasteiger partial charge in [-0.05, 0) is 6.07 Å². The number of aromatic nitrogens is 5. The maximum Gasteiger partial charge on any atom is 0.191 e. The van der Waals surface area contributed by atoms with Gasteiger partial charge < -0.3 is 10.3 Å². The van der Waals surface area contributed by atoms with Crippen LogP contribution in [-0.4, -0.2) is 30.3 Å². The average molecular weight is 301 g/mol. The van der Waals surface area contributed by atoms with E-state index in [0.29, 0.717) is 13.1 Å². The number of rotatable bonds is 7. The third-order valence-electron chi connectivity index (χ3n) is 2.40. The SMILES string of the molecule is C=CCn1c(CN)nnc1SCCn1cccn1.Cl. The molecule has 2 heterocycles. The van der Waals surface area contributed by atoms with Crippen LogP contribution in [0.1, 0.15) is 5.82 Å². The van der Waals surface area contributed by atoms with Gasteiger partial charge in [0.05, 0.1) is 13.1 Å². The second-order valence-electron chi connectivity index (χ2n) is 3.62. The highest BCUT2D eigenvalue weighted by atomic mass is 35.5. The summed E-state index contributed by atoms with van der Waals surface area (Å²) in [4.78, 5) is 0. The number of thioether (sulfide) groups is 1. The van der Waals surface area contributed by atoms with Crippen LogP contribution in [0, 0.1) is 0 Å². The summed E-state index contributed by atoms with van der Waals surface area (Å²) in [5.74, 6) is 1.68. The Morgan fingerprint density at radius 3 is 2.89 bits per heavy atom. The van der Waals surface area contributed by atoms with Crippen molar-refractivity contribution in [2.75, 3.05) is 5.75 Å². The molecule has 0 aliphatic heterocycles. The number of aryl methyl sites for hydroxylation is 1. The molecule has 0 aromatic carbocycles. The van der Waals surface area contributed by atoms with Crippen molar-refractivity contribution in [3.05, 3.63) is 36.9 Å². The molecule has 2 aromatic rings. The van der Waals surface area contributed by atoms with Gasteiger partial charge in [0.15, 0.2) is 5.16 Å². The van der Waals surface area contributed by atoms with Crippen molar-refractivity contribution < 1.29 is 0 Å². The molecular formula is C11H17ClN6S. The van der Waals surface area contributed by atoms with Crippen molar-refractivity contribution in [1.82, 2.24) is 24.5 Å². The van der Waals surface area contributed by atoms with Crippen LogP contribution >= 0.6 is 24.2 Å². The summed E-state index contributed by atoms with van der Waals surface area (Å²) in [7, 11) is 0. The molecule has 8 heteroatoms. The molecule has 0 spiro atoms. The fraction of sp³-hybridized carbons (Fsp3) is 0.364. The first kappa shape index (κ1) is 15.7. The zero-order chi connectivity index (χ0) is 12.8. The van der Waals surface area contributed by atoms with E-state index in [-0.39, 0.29) is 12.4 Å². The third-order valence-corrected chi connectivity index (χ3v) is 3.35. The minimum absolute atomic E-state index is 0. The van der Waals surface area contributed by atoms with E-state index in [2.05, 4.69) is 21.9 Å². The Morgan fingerprint density at radius 1 is 1.42 bits per heavy atom. The van der Waals surface area contributed by atoms with Gasteiger partial charge in [-0.3, -0.25) is 4.68 Å². The van der Waals surface area contributed by atoms with E-state index in [0.717, 1.165) is 23.3 Å². The van der Waals surface area contributed by atoms with Gasteiger partial charge in [0.25, 0.3) is 0 Å². The van der Waals surface area contributed by atoms with E-state index >= 15 is 0 Å². The van der Waals surface area contributed by atoms with E-state index in [1.165, 1.54) is 0 Å². The molecule has 2 aromatic heterocycles. The smallest absolute Gasteiger partial charge is 0.191 e. The standard InChI is InChI=1S/C11H16N6S.ClH/c1-2-5-17-10(9-12)14-15-11(17)18-8-7-16-6-3-4-13-16;/h2-4,6H,1,5,7-9,12H2;1H. The van der Waals surface area contributed by atoms with Gasteiger partial charge in [-0.1, -0.05) is 17.8 Å². The Hall–Kier alpha value is -1.31. The quantitative estimate of drug-likeness (QED) is 0.617. The molecule has 0 saturated heterocycles. The van der Waals surface area contributed by atoms with Crippen molar-refractivity contribution >= 4 is 24.2 Å². The molecule has 19 heavy (non-hydrogen) atoms. The van der Waals surface area contributed by atoms with Crippen LogP contribution in [0.15, 0.2) is 36.3 Å². The van der Waals surface area contributed by atoms with Crippen molar-refractivity contribution in [3.63, 3.8) is 0 Å². The minimum atomic E-state index is 0. The summed E-state index contributed by atoms with van der Waals surface area (Å²) in [6.45, 7) is 5.65. The summed E-state index contributed by atoms with van der Waals surface area (Å²) >= 11 is 1.65. The Kier molecular flexibility index (Phi) is 6.61. The summed E-state index contributed by atoms with van der Waals surface area (Å²) in [5, 5.41) is 13.2. The first-order valence-electron chi connectivity index (χ1n) is 5.68.